The number of fused-ring (bicyclic) bond motifs is 1. The van der Waals surface area contributed by atoms with Gasteiger partial charge in [0.15, 0.2) is 0 Å². The van der Waals surface area contributed by atoms with E-state index < -0.39 is 15.9 Å². The molecule has 1 aliphatic carbocycles. The van der Waals surface area contributed by atoms with Gasteiger partial charge in [-0.05, 0) is 54.7 Å². The summed E-state index contributed by atoms with van der Waals surface area (Å²) in [5, 5.41) is 0.540. The van der Waals surface area contributed by atoms with Gasteiger partial charge in [0.25, 0.3) is 0 Å². The summed E-state index contributed by atoms with van der Waals surface area (Å²) in [6, 6.07) is 10.7. The van der Waals surface area contributed by atoms with E-state index in [1.54, 1.807) is 24.3 Å². The predicted octanol–water partition coefficient (Wildman–Crippen LogP) is 5.26. The zero-order chi connectivity index (χ0) is 19.9. The Hall–Kier alpha value is -1.86. The van der Waals surface area contributed by atoms with Crippen molar-refractivity contribution in [3.05, 3.63) is 47.0 Å². The average Bonchev–Trinajstić information content (AvgIpc) is 2.64. The molecule has 2 aromatic rings. The summed E-state index contributed by atoms with van der Waals surface area (Å²) in [5.41, 5.74) is 2.92. The van der Waals surface area contributed by atoms with E-state index in [9.17, 15) is 17.2 Å². The number of nitrogens with one attached hydrogen (secondary N) is 1. The van der Waals surface area contributed by atoms with Crippen molar-refractivity contribution in [1.82, 2.24) is 0 Å². The first-order chi connectivity index (χ1) is 13.2. The molecule has 0 unspecified atom stereocenters. The standard InChI is InChI=1S/C20H20ClF2NO3S/c21-15-11-14-7-10-28(25,26)24-19(14)18(12-15)13-1-3-16(4-2-13)27-17-5-8-20(22,23)9-6-17/h1-4,11-12,17,24H,5-10H2. The fraction of sp³-hybridized carbons (Fsp3) is 0.400. The van der Waals surface area contributed by atoms with Crippen LogP contribution >= 0.6 is 11.6 Å². The normalized spacial score (nSPS) is 20.8. The Labute approximate surface area is 167 Å². The second kappa shape index (κ2) is 7.19. The molecule has 1 aliphatic heterocycles. The molecule has 8 heteroatoms. The average molecular weight is 428 g/mol. The summed E-state index contributed by atoms with van der Waals surface area (Å²) >= 11 is 6.22. The molecule has 2 aromatic carbocycles. The van der Waals surface area contributed by atoms with Crippen LogP contribution in [0.1, 0.15) is 31.2 Å². The Morgan fingerprint density at radius 1 is 1.11 bits per heavy atom. The maximum absolute atomic E-state index is 13.3. The van der Waals surface area contributed by atoms with Crippen molar-refractivity contribution in [2.45, 2.75) is 44.1 Å². The van der Waals surface area contributed by atoms with E-state index in [0.717, 1.165) is 11.1 Å². The molecule has 4 nitrogen and oxygen atoms in total. The van der Waals surface area contributed by atoms with Crippen molar-refractivity contribution in [3.8, 4) is 16.9 Å². The number of aryl methyl sites for hydroxylation is 1. The molecule has 0 radical (unpaired) electrons. The minimum atomic E-state index is -3.36. The molecule has 1 saturated carbocycles. The van der Waals surface area contributed by atoms with Gasteiger partial charge in [-0.25, -0.2) is 17.2 Å². The Bertz CT molecular complexity index is 983. The summed E-state index contributed by atoms with van der Waals surface area (Å²) in [4.78, 5) is 0. The van der Waals surface area contributed by atoms with Gasteiger partial charge in [-0.3, -0.25) is 4.72 Å². The van der Waals surface area contributed by atoms with E-state index in [1.165, 1.54) is 0 Å². The van der Waals surface area contributed by atoms with Crippen molar-refractivity contribution in [1.29, 1.82) is 0 Å². The maximum Gasteiger partial charge on any atom is 0.248 e. The monoisotopic (exact) mass is 427 g/mol. The van der Waals surface area contributed by atoms with Crippen LogP contribution in [0.15, 0.2) is 36.4 Å². The molecule has 1 N–H and O–H groups in total. The van der Waals surface area contributed by atoms with E-state index in [4.69, 9.17) is 16.3 Å². The number of hydrogen-bond donors (Lipinski definition) is 1. The van der Waals surface area contributed by atoms with Crippen LogP contribution in [0.5, 0.6) is 5.75 Å². The third-order valence-corrected chi connectivity index (χ3v) is 6.69. The van der Waals surface area contributed by atoms with Gasteiger partial charge in [0, 0.05) is 23.4 Å². The summed E-state index contributed by atoms with van der Waals surface area (Å²) in [6.07, 6.45) is 0.563. The number of hydrogen-bond acceptors (Lipinski definition) is 3. The number of halogens is 3. The van der Waals surface area contributed by atoms with Gasteiger partial charge >= 0.3 is 0 Å². The van der Waals surface area contributed by atoms with E-state index in [0.29, 0.717) is 41.3 Å². The third-order valence-electron chi connectivity index (χ3n) is 5.21. The summed E-state index contributed by atoms with van der Waals surface area (Å²) in [7, 11) is -3.36. The lowest BCUT2D eigenvalue weighted by atomic mass is 9.94. The smallest absolute Gasteiger partial charge is 0.248 e. The molecule has 0 bridgehead atoms. The Morgan fingerprint density at radius 2 is 1.79 bits per heavy atom. The number of anilines is 1. The number of ether oxygens (including phenoxy) is 1. The molecule has 2 aliphatic rings. The second-order valence-corrected chi connectivity index (χ2v) is 9.63. The topological polar surface area (TPSA) is 55.4 Å². The molecule has 4 rings (SSSR count). The molecule has 28 heavy (non-hydrogen) atoms. The first-order valence-corrected chi connectivity index (χ1v) is 11.2. The Balaban J connectivity index is 1.56. The maximum atomic E-state index is 13.3. The largest absolute Gasteiger partial charge is 0.490 e. The first-order valence-electron chi connectivity index (χ1n) is 9.19. The molecule has 0 saturated heterocycles. The lowest BCUT2D eigenvalue weighted by Crippen LogP contribution is -2.30. The highest BCUT2D eigenvalue weighted by atomic mass is 35.5. The fourth-order valence-electron chi connectivity index (χ4n) is 3.70. The quantitative estimate of drug-likeness (QED) is 0.726. The molecular formula is C20H20ClF2NO3S. The third kappa shape index (κ3) is 4.25. The van der Waals surface area contributed by atoms with Crippen LogP contribution in [-0.2, 0) is 16.4 Å². The predicted molar refractivity (Wildman–Crippen MR) is 106 cm³/mol. The summed E-state index contributed by atoms with van der Waals surface area (Å²) < 4.78 is 59.0. The highest BCUT2D eigenvalue weighted by Crippen LogP contribution is 2.39. The Morgan fingerprint density at radius 3 is 2.46 bits per heavy atom. The number of sulfonamides is 1. The molecule has 1 heterocycles. The number of benzene rings is 2. The highest BCUT2D eigenvalue weighted by molar-refractivity contribution is 7.92. The Kier molecular flexibility index (Phi) is 5.00. The van der Waals surface area contributed by atoms with Gasteiger partial charge in [-0.2, -0.15) is 0 Å². The van der Waals surface area contributed by atoms with Gasteiger partial charge in [-0.1, -0.05) is 23.7 Å². The van der Waals surface area contributed by atoms with Gasteiger partial charge in [0.05, 0.1) is 17.5 Å². The van der Waals surface area contributed by atoms with Gasteiger partial charge < -0.3 is 4.74 Å². The van der Waals surface area contributed by atoms with Crippen LogP contribution in [0.25, 0.3) is 11.1 Å². The van der Waals surface area contributed by atoms with Crippen molar-refractivity contribution < 1.29 is 21.9 Å². The summed E-state index contributed by atoms with van der Waals surface area (Å²) in [5.74, 6) is -1.94. The minimum absolute atomic E-state index is 0.0347. The van der Waals surface area contributed by atoms with Crippen LogP contribution in [-0.4, -0.2) is 26.2 Å². The van der Waals surface area contributed by atoms with E-state index in [-0.39, 0.29) is 24.7 Å². The molecule has 1 fully saturated rings. The van der Waals surface area contributed by atoms with Crippen LogP contribution < -0.4 is 9.46 Å². The highest BCUT2D eigenvalue weighted by Gasteiger charge is 2.35. The zero-order valence-electron chi connectivity index (χ0n) is 15.1. The lowest BCUT2D eigenvalue weighted by molar-refractivity contribution is -0.0582. The number of rotatable bonds is 3. The summed E-state index contributed by atoms with van der Waals surface area (Å²) in [6.45, 7) is 0. The molecule has 0 spiro atoms. The lowest BCUT2D eigenvalue weighted by Gasteiger charge is -2.28. The number of alkyl halides is 2. The van der Waals surface area contributed by atoms with Gasteiger partial charge in [0.2, 0.25) is 15.9 Å². The first kappa shape index (κ1) is 19.5. The molecule has 150 valence electrons. The minimum Gasteiger partial charge on any atom is -0.490 e. The van der Waals surface area contributed by atoms with Crippen molar-refractivity contribution in [3.63, 3.8) is 0 Å². The van der Waals surface area contributed by atoms with Gasteiger partial charge in [-0.15, -0.1) is 0 Å². The molecular weight excluding hydrogens is 408 g/mol. The van der Waals surface area contributed by atoms with E-state index >= 15 is 0 Å². The van der Waals surface area contributed by atoms with Crippen molar-refractivity contribution >= 4 is 27.3 Å². The van der Waals surface area contributed by atoms with E-state index in [2.05, 4.69) is 4.72 Å². The zero-order valence-corrected chi connectivity index (χ0v) is 16.6. The van der Waals surface area contributed by atoms with Crippen LogP contribution in [0.4, 0.5) is 14.5 Å². The van der Waals surface area contributed by atoms with Crippen LogP contribution in [0.3, 0.4) is 0 Å². The SMILES string of the molecule is O=S1(=O)CCc2cc(Cl)cc(-c3ccc(OC4CCC(F)(F)CC4)cc3)c2N1. The second-order valence-electron chi connectivity index (χ2n) is 7.36. The molecule has 0 aromatic heterocycles. The van der Waals surface area contributed by atoms with E-state index in [1.807, 2.05) is 12.1 Å². The van der Waals surface area contributed by atoms with Crippen molar-refractivity contribution in [2.75, 3.05) is 10.5 Å². The van der Waals surface area contributed by atoms with Crippen LogP contribution in [0.2, 0.25) is 5.02 Å². The van der Waals surface area contributed by atoms with Crippen LogP contribution in [0, 0.1) is 0 Å². The molecule has 0 atom stereocenters. The van der Waals surface area contributed by atoms with Crippen molar-refractivity contribution in [2.24, 2.45) is 0 Å². The fourth-order valence-corrected chi connectivity index (χ4v) is 5.08. The molecule has 0 amide bonds. The van der Waals surface area contributed by atoms with Gasteiger partial charge in [0.1, 0.15) is 5.75 Å².